The van der Waals surface area contributed by atoms with Crippen LogP contribution in [0.1, 0.15) is 26.1 Å². The summed E-state index contributed by atoms with van der Waals surface area (Å²) in [6, 6.07) is 1.99. The van der Waals surface area contributed by atoms with Gasteiger partial charge in [-0.2, -0.15) is 0 Å². The van der Waals surface area contributed by atoms with Crippen molar-refractivity contribution in [3.8, 4) is 0 Å². The third kappa shape index (κ3) is 2.78. The number of aromatic nitrogens is 2. The maximum atomic E-state index is 6.28. The van der Waals surface area contributed by atoms with Crippen molar-refractivity contribution in [2.24, 2.45) is 17.6 Å². The number of nitrogen functional groups attached to an aromatic ring is 1. The number of fused-ring (bicyclic) bond motifs is 1. The maximum absolute atomic E-state index is 6.28. The molecular weight excluding hydrogens is 262 g/mol. The van der Waals surface area contributed by atoms with Crippen molar-refractivity contribution < 1.29 is 0 Å². The second kappa shape index (κ2) is 5.48. The molecule has 1 aromatic heterocycles. The first-order chi connectivity index (χ1) is 10.0. The first kappa shape index (κ1) is 14.1. The van der Waals surface area contributed by atoms with E-state index in [4.69, 9.17) is 16.5 Å². The van der Waals surface area contributed by atoms with Gasteiger partial charge in [-0.05, 0) is 18.4 Å². The Morgan fingerprint density at radius 3 is 2.95 bits per heavy atom. The number of hydrogen-bond acceptors (Lipinski definition) is 5. The van der Waals surface area contributed by atoms with Crippen LogP contribution in [0.4, 0.5) is 11.6 Å². The monoisotopic (exact) mass is 285 g/mol. The van der Waals surface area contributed by atoms with Crippen LogP contribution in [-0.4, -0.2) is 22.6 Å². The van der Waals surface area contributed by atoms with Gasteiger partial charge in [-0.15, -0.1) is 0 Å². The minimum absolute atomic E-state index is 0.144. The van der Waals surface area contributed by atoms with Gasteiger partial charge in [-0.3, -0.25) is 0 Å². The maximum Gasteiger partial charge on any atom is 0.138 e. The summed E-state index contributed by atoms with van der Waals surface area (Å²) in [6.07, 6.45) is 8.25. The zero-order chi connectivity index (χ0) is 15.0. The van der Waals surface area contributed by atoms with Crippen LogP contribution >= 0.6 is 0 Å². The molecule has 112 valence electrons. The molecule has 2 atom stereocenters. The Balaban J connectivity index is 1.94. The van der Waals surface area contributed by atoms with E-state index < -0.39 is 0 Å². The lowest BCUT2D eigenvalue weighted by atomic mass is 9.94. The molecule has 2 aliphatic rings. The van der Waals surface area contributed by atoms with Crippen LogP contribution in [0.2, 0.25) is 0 Å². The van der Waals surface area contributed by atoms with Crippen LogP contribution in [0.5, 0.6) is 0 Å². The largest absolute Gasteiger partial charge is 0.384 e. The fourth-order valence-corrected chi connectivity index (χ4v) is 3.09. The van der Waals surface area contributed by atoms with Crippen LogP contribution in [0.15, 0.2) is 30.0 Å². The van der Waals surface area contributed by atoms with Crippen molar-refractivity contribution in [2.45, 2.75) is 32.7 Å². The lowest BCUT2D eigenvalue weighted by Gasteiger charge is -2.23. The number of rotatable bonds is 3. The topological polar surface area (TPSA) is 81.1 Å². The van der Waals surface area contributed by atoms with Crippen molar-refractivity contribution in [3.63, 3.8) is 0 Å². The Morgan fingerprint density at radius 2 is 2.19 bits per heavy atom. The fourth-order valence-electron chi connectivity index (χ4n) is 3.09. The van der Waals surface area contributed by atoms with Gasteiger partial charge in [0.1, 0.15) is 17.5 Å². The molecule has 5 heteroatoms. The summed E-state index contributed by atoms with van der Waals surface area (Å²) < 4.78 is 0. The van der Waals surface area contributed by atoms with E-state index >= 15 is 0 Å². The first-order valence-electron chi connectivity index (χ1n) is 7.58. The van der Waals surface area contributed by atoms with Crippen LogP contribution in [0.3, 0.4) is 0 Å². The minimum Gasteiger partial charge on any atom is -0.384 e. The highest BCUT2D eigenvalue weighted by atomic mass is 15.3. The molecule has 1 fully saturated rings. The molecule has 5 nitrogen and oxygen atoms in total. The summed E-state index contributed by atoms with van der Waals surface area (Å²) in [7, 11) is 0. The van der Waals surface area contributed by atoms with E-state index in [0.29, 0.717) is 17.7 Å². The Morgan fingerprint density at radius 1 is 1.38 bits per heavy atom. The molecule has 1 aliphatic carbocycles. The lowest BCUT2D eigenvalue weighted by molar-refractivity contribution is 0.554. The summed E-state index contributed by atoms with van der Waals surface area (Å²) in [5, 5.41) is 0. The molecule has 2 heterocycles. The van der Waals surface area contributed by atoms with Crippen molar-refractivity contribution in [1.29, 1.82) is 0 Å². The van der Waals surface area contributed by atoms with E-state index in [1.54, 1.807) is 0 Å². The number of anilines is 2. The van der Waals surface area contributed by atoms with E-state index in [0.717, 1.165) is 31.0 Å². The van der Waals surface area contributed by atoms with E-state index in [1.165, 1.54) is 5.70 Å². The molecule has 0 amide bonds. The van der Waals surface area contributed by atoms with Crippen LogP contribution in [-0.2, 0) is 6.42 Å². The highest BCUT2D eigenvalue weighted by Gasteiger charge is 2.36. The molecule has 0 saturated carbocycles. The normalized spacial score (nSPS) is 24.4. The number of hydrogen-bond donors (Lipinski definition) is 2. The van der Waals surface area contributed by atoms with E-state index in [2.05, 4.69) is 42.0 Å². The molecule has 4 N–H and O–H groups in total. The summed E-state index contributed by atoms with van der Waals surface area (Å²) in [5.41, 5.74) is 13.5. The smallest absolute Gasteiger partial charge is 0.138 e. The van der Waals surface area contributed by atoms with Gasteiger partial charge in [0.2, 0.25) is 0 Å². The SMILES string of the molecule is CC(C)Cc1nc(N)cc(N2CC(N)C3CC=CC=C32)n1. The molecule has 0 radical (unpaired) electrons. The minimum atomic E-state index is 0.144. The van der Waals surface area contributed by atoms with Gasteiger partial charge in [0, 0.05) is 36.7 Å². The van der Waals surface area contributed by atoms with Crippen molar-refractivity contribution >= 4 is 11.6 Å². The molecule has 3 rings (SSSR count). The second-order valence-corrected chi connectivity index (χ2v) is 6.30. The Hall–Kier alpha value is -1.88. The van der Waals surface area contributed by atoms with Crippen LogP contribution < -0.4 is 16.4 Å². The number of allylic oxidation sites excluding steroid dienone is 3. The first-order valence-corrected chi connectivity index (χ1v) is 7.58. The molecule has 0 bridgehead atoms. The molecule has 1 aromatic rings. The highest BCUT2D eigenvalue weighted by Crippen LogP contribution is 2.36. The molecule has 0 aromatic carbocycles. The summed E-state index contributed by atoms with van der Waals surface area (Å²) in [5.74, 6) is 3.10. The average Bonchev–Trinajstić information content (AvgIpc) is 2.75. The Kier molecular flexibility index (Phi) is 3.68. The van der Waals surface area contributed by atoms with Gasteiger partial charge < -0.3 is 16.4 Å². The van der Waals surface area contributed by atoms with E-state index in [-0.39, 0.29) is 6.04 Å². The zero-order valence-electron chi connectivity index (χ0n) is 12.7. The van der Waals surface area contributed by atoms with E-state index in [9.17, 15) is 0 Å². The van der Waals surface area contributed by atoms with Gasteiger partial charge in [0.25, 0.3) is 0 Å². The van der Waals surface area contributed by atoms with E-state index in [1.807, 2.05) is 6.07 Å². The standard InChI is InChI=1S/C16H23N5/c1-10(2)7-15-19-14(18)8-16(20-15)21-9-12(17)11-5-3-4-6-13(11)21/h3-4,6,8,10-12H,5,7,9,17H2,1-2H3,(H2,18,19,20). The molecule has 1 aliphatic heterocycles. The average molecular weight is 285 g/mol. The zero-order valence-corrected chi connectivity index (χ0v) is 12.7. The molecule has 0 spiro atoms. The quantitative estimate of drug-likeness (QED) is 0.886. The van der Waals surface area contributed by atoms with Gasteiger partial charge >= 0.3 is 0 Å². The molecule has 2 unspecified atom stereocenters. The Labute approximate surface area is 125 Å². The van der Waals surface area contributed by atoms with Crippen molar-refractivity contribution in [1.82, 2.24) is 9.97 Å². The van der Waals surface area contributed by atoms with Crippen LogP contribution in [0.25, 0.3) is 0 Å². The van der Waals surface area contributed by atoms with Gasteiger partial charge in [-0.1, -0.05) is 26.0 Å². The van der Waals surface area contributed by atoms with Gasteiger partial charge in [-0.25, -0.2) is 9.97 Å². The number of nitrogens with two attached hydrogens (primary N) is 2. The molecule has 1 saturated heterocycles. The van der Waals surface area contributed by atoms with Crippen molar-refractivity contribution in [2.75, 3.05) is 17.2 Å². The molecule has 21 heavy (non-hydrogen) atoms. The third-order valence-electron chi connectivity index (χ3n) is 4.04. The van der Waals surface area contributed by atoms with Crippen LogP contribution in [0, 0.1) is 11.8 Å². The lowest BCUT2D eigenvalue weighted by Crippen LogP contribution is -2.29. The fraction of sp³-hybridized carbons (Fsp3) is 0.500. The Bertz CT molecular complexity index is 590. The second-order valence-electron chi connectivity index (χ2n) is 6.30. The predicted octanol–water partition coefficient (Wildman–Crippen LogP) is 1.86. The summed E-state index contributed by atoms with van der Waals surface area (Å²) in [6.45, 7) is 5.10. The highest BCUT2D eigenvalue weighted by molar-refractivity contribution is 5.55. The van der Waals surface area contributed by atoms with Crippen molar-refractivity contribution in [3.05, 3.63) is 35.8 Å². The van der Waals surface area contributed by atoms with Gasteiger partial charge in [0.15, 0.2) is 0 Å². The number of nitrogens with zero attached hydrogens (tertiary/aromatic N) is 3. The summed E-state index contributed by atoms with van der Waals surface area (Å²) in [4.78, 5) is 11.2. The third-order valence-corrected chi connectivity index (χ3v) is 4.04. The summed E-state index contributed by atoms with van der Waals surface area (Å²) >= 11 is 0. The van der Waals surface area contributed by atoms with Gasteiger partial charge in [0.05, 0.1) is 0 Å². The molecular formula is C16H23N5. The predicted molar refractivity (Wildman–Crippen MR) is 85.6 cm³/mol.